The Balaban J connectivity index is 2.02. The van der Waals surface area contributed by atoms with Crippen molar-refractivity contribution in [2.24, 2.45) is 11.7 Å². The lowest BCUT2D eigenvalue weighted by atomic mass is 9.85. The van der Waals surface area contributed by atoms with Crippen molar-refractivity contribution in [2.45, 2.75) is 26.2 Å². The van der Waals surface area contributed by atoms with Gasteiger partial charge in [0.2, 0.25) is 0 Å². The van der Waals surface area contributed by atoms with Crippen LogP contribution in [-0.2, 0) is 0 Å². The van der Waals surface area contributed by atoms with E-state index in [0.717, 1.165) is 41.3 Å². The van der Waals surface area contributed by atoms with E-state index in [1.54, 1.807) is 0 Å². The third kappa shape index (κ3) is 2.86. The van der Waals surface area contributed by atoms with Gasteiger partial charge in [-0.25, -0.2) is 4.98 Å². The molecule has 1 saturated carbocycles. The first kappa shape index (κ1) is 14.3. The van der Waals surface area contributed by atoms with Gasteiger partial charge in [-0.2, -0.15) is 0 Å². The van der Waals surface area contributed by atoms with Crippen molar-refractivity contribution >= 4 is 33.9 Å². The molecule has 0 amide bonds. The van der Waals surface area contributed by atoms with Crippen LogP contribution in [0.5, 0.6) is 0 Å². The topological polar surface area (TPSA) is 42.1 Å². The van der Waals surface area contributed by atoms with E-state index in [1.807, 2.05) is 30.3 Å². The molecule has 0 saturated heterocycles. The Morgan fingerprint density at radius 3 is 2.76 bits per heavy atom. The summed E-state index contributed by atoms with van der Waals surface area (Å²) in [4.78, 5) is 7.60. The van der Waals surface area contributed by atoms with Crippen LogP contribution in [0.25, 0.3) is 10.9 Å². The van der Waals surface area contributed by atoms with Gasteiger partial charge in [0.15, 0.2) is 0 Å². The maximum absolute atomic E-state index is 5.91. The highest BCUT2D eigenvalue weighted by Crippen LogP contribution is 2.29. The van der Waals surface area contributed by atoms with Gasteiger partial charge in [0.25, 0.3) is 0 Å². The summed E-state index contributed by atoms with van der Waals surface area (Å²) in [5.41, 5.74) is 7.81. The standard InChI is InChI=1S/C17H21N3S/c1-2-20(11-12-6-5-7-12)16-10-14(17(18)21)13-8-3-4-9-15(13)19-16/h3-4,8-10,12H,2,5-7,11H2,1H3,(H2,18,21). The zero-order valence-electron chi connectivity index (χ0n) is 12.4. The predicted molar refractivity (Wildman–Crippen MR) is 92.9 cm³/mol. The zero-order chi connectivity index (χ0) is 14.8. The van der Waals surface area contributed by atoms with E-state index >= 15 is 0 Å². The number of anilines is 1. The first-order valence-electron chi connectivity index (χ1n) is 7.63. The number of pyridine rings is 1. The number of thiocarbonyl (C=S) groups is 1. The zero-order valence-corrected chi connectivity index (χ0v) is 13.2. The highest BCUT2D eigenvalue weighted by atomic mass is 32.1. The van der Waals surface area contributed by atoms with Crippen molar-refractivity contribution in [2.75, 3.05) is 18.0 Å². The summed E-state index contributed by atoms with van der Waals surface area (Å²) in [5.74, 6) is 1.80. The van der Waals surface area contributed by atoms with Gasteiger partial charge in [-0.3, -0.25) is 0 Å². The molecule has 1 aliphatic rings. The highest BCUT2D eigenvalue weighted by molar-refractivity contribution is 7.80. The second kappa shape index (κ2) is 5.98. The van der Waals surface area contributed by atoms with E-state index in [1.165, 1.54) is 19.3 Å². The second-order valence-corrected chi connectivity index (χ2v) is 6.18. The summed E-state index contributed by atoms with van der Waals surface area (Å²) < 4.78 is 0. The molecule has 0 unspecified atom stereocenters. The predicted octanol–water partition coefficient (Wildman–Crippen LogP) is 3.50. The lowest BCUT2D eigenvalue weighted by Gasteiger charge is -2.32. The number of benzene rings is 1. The largest absolute Gasteiger partial charge is 0.389 e. The summed E-state index contributed by atoms with van der Waals surface area (Å²) in [7, 11) is 0. The number of fused-ring (bicyclic) bond motifs is 1. The van der Waals surface area contributed by atoms with E-state index < -0.39 is 0 Å². The molecule has 0 radical (unpaired) electrons. The van der Waals surface area contributed by atoms with Crippen molar-refractivity contribution in [1.29, 1.82) is 0 Å². The van der Waals surface area contributed by atoms with Crippen LogP contribution in [-0.4, -0.2) is 23.1 Å². The Bertz CT molecular complexity index is 664. The molecule has 110 valence electrons. The van der Waals surface area contributed by atoms with E-state index in [2.05, 4.69) is 11.8 Å². The molecule has 2 N–H and O–H groups in total. The summed E-state index contributed by atoms with van der Waals surface area (Å²) in [5, 5.41) is 1.04. The van der Waals surface area contributed by atoms with Gasteiger partial charge < -0.3 is 10.6 Å². The number of nitrogens with two attached hydrogens (primary N) is 1. The van der Waals surface area contributed by atoms with Crippen LogP contribution in [0.15, 0.2) is 30.3 Å². The highest BCUT2D eigenvalue weighted by Gasteiger charge is 2.21. The van der Waals surface area contributed by atoms with Gasteiger partial charge in [-0.05, 0) is 37.8 Å². The van der Waals surface area contributed by atoms with Crippen molar-refractivity contribution in [3.05, 3.63) is 35.9 Å². The summed E-state index contributed by atoms with van der Waals surface area (Å²) in [6.07, 6.45) is 4.05. The minimum absolute atomic E-state index is 0.439. The number of aromatic nitrogens is 1. The third-order valence-corrected chi connectivity index (χ3v) is 4.60. The van der Waals surface area contributed by atoms with Crippen LogP contribution in [0.1, 0.15) is 31.7 Å². The fraction of sp³-hybridized carbons (Fsp3) is 0.412. The minimum Gasteiger partial charge on any atom is -0.389 e. The van der Waals surface area contributed by atoms with Crippen LogP contribution < -0.4 is 10.6 Å². The maximum atomic E-state index is 5.91. The monoisotopic (exact) mass is 299 g/mol. The van der Waals surface area contributed by atoms with Crippen molar-refractivity contribution in [1.82, 2.24) is 4.98 Å². The molecule has 0 aliphatic heterocycles. The number of hydrogen-bond donors (Lipinski definition) is 1. The van der Waals surface area contributed by atoms with Crippen LogP contribution in [0.3, 0.4) is 0 Å². The second-order valence-electron chi connectivity index (χ2n) is 5.74. The molecule has 0 spiro atoms. The van der Waals surface area contributed by atoms with Crippen molar-refractivity contribution in [3.63, 3.8) is 0 Å². The molecule has 0 bridgehead atoms. The molecular weight excluding hydrogens is 278 g/mol. The molecule has 1 aromatic heterocycles. The van der Waals surface area contributed by atoms with E-state index in [-0.39, 0.29) is 0 Å². The molecule has 3 rings (SSSR count). The number of nitrogens with zero attached hydrogens (tertiary/aromatic N) is 2. The molecule has 2 aromatic rings. The molecular formula is C17H21N3S. The first-order chi connectivity index (χ1) is 10.2. The molecule has 1 aliphatic carbocycles. The quantitative estimate of drug-likeness (QED) is 0.858. The molecule has 21 heavy (non-hydrogen) atoms. The van der Waals surface area contributed by atoms with E-state index in [9.17, 15) is 0 Å². The summed E-state index contributed by atoms with van der Waals surface area (Å²) in [6.45, 7) is 4.22. The maximum Gasteiger partial charge on any atom is 0.129 e. The van der Waals surface area contributed by atoms with E-state index in [4.69, 9.17) is 22.9 Å². The van der Waals surface area contributed by atoms with Crippen molar-refractivity contribution < 1.29 is 0 Å². The molecule has 1 aromatic carbocycles. The van der Waals surface area contributed by atoms with Crippen LogP contribution in [0.4, 0.5) is 5.82 Å². The SMILES string of the molecule is CCN(CC1CCC1)c1cc(C(N)=S)c2ccccc2n1. The lowest BCUT2D eigenvalue weighted by Crippen LogP contribution is -2.33. The Labute approximate surface area is 131 Å². The van der Waals surface area contributed by atoms with Gasteiger partial charge >= 0.3 is 0 Å². The Hall–Kier alpha value is -1.68. The van der Waals surface area contributed by atoms with Gasteiger partial charge in [0.1, 0.15) is 10.8 Å². The van der Waals surface area contributed by atoms with Crippen LogP contribution >= 0.6 is 12.2 Å². The van der Waals surface area contributed by atoms with Crippen LogP contribution in [0.2, 0.25) is 0 Å². The number of para-hydroxylation sites is 1. The van der Waals surface area contributed by atoms with Gasteiger partial charge in [-0.1, -0.05) is 36.8 Å². The molecule has 0 atom stereocenters. The average Bonchev–Trinajstić information content (AvgIpc) is 2.45. The molecule has 4 heteroatoms. The first-order valence-corrected chi connectivity index (χ1v) is 8.04. The number of rotatable bonds is 5. The third-order valence-electron chi connectivity index (χ3n) is 4.38. The molecule has 3 nitrogen and oxygen atoms in total. The van der Waals surface area contributed by atoms with Crippen LogP contribution in [0, 0.1) is 5.92 Å². The van der Waals surface area contributed by atoms with Gasteiger partial charge in [0.05, 0.1) is 5.52 Å². The normalized spacial score (nSPS) is 14.9. The smallest absolute Gasteiger partial charge is 0.129 e. The van der Waals surface area contributed by atoms with E-state index in [0.29, 0.717) is 4.99 Å². The Morgan fingerprint density at radius 1 is 1.38 bits per heavy atom. The van der Waals surface area contributed by atoms with Crippen molar-refractivity contribution in [3.8, 4) is 0 Å². The fourth-order valence-electron chi connectivity index (χ4n) is 2.90. The molecule has 1 fully saturated rings. The van der Waals surface area contributed by atoms with Gasteiger partial charge in [0, 0.05) is 24.0 Å². The number of hydrogen-bond acceptors (Lipinski definition) is 3. The fourth-order valence-corrected chi connectivity index (χ4v) is 3.07. The Morgan fingerprint density at radius 2 is 2.14 bits per heavy atom. The average molecular weight is 299 g/mol. The van der Waals surface area contributed by atoms with Gasteiger partial charge in [-0.15, -0.1) is 0 Å². The lowest BCUT2D eigenvalue weighted by molar-refractivity contribution is 0.318. The minimum atomic E-state index is 0.439. The summed E-state index contributed by atoms with van der Waals surface area (Å²) in [6, 6.07) is 10.1. The summed E-state index contributed by atoms with van der Waals surface area (Å²) >= 11 is 5.23. The Kier molecular flexibility index (Phi) is 4.06. The molecule has 1 heterocycles.